The highest BCUT2D eigenvalue weighted by Gasteiger charge is 2.20. The zero-order valence-electron chi connectivity index (χ0n) is 11.0. The molecule has 100 valence electrons. The quantitative estimate of drug-likeness (QED) is 0.670. The van der Waals surface area contributed by atoms with Crippen LogP contribution >= 0.6 is 0 Å². The van der Waals surface area contributed by atoms with E-state index in [9.17, 15) is 9.59 Å². The number of nitrogens with one attached hydrogen (secondary N) is 2. The van der Waals surface area contributed by atoms with E-state index in [0.717, 1.165) is 0 Å². The van der Waals surface area contributed by atoms with Crippen molar-refractivity contribution in [3.63, 3.8) is 0 Å². The van der Waals surface area contributed by atoms with E-state index in [4.69, 9.17) is 9.84 Å². The topological polar surface area (TPSA) is 87.7 Å². The van der Waals surface area contributed by atoms with E-state index in [2.05, 4.69) is 10.6 Å². The van der Waals surface area contributed by atoms with E-state index in [-0.39, 0.29) is 12.5 Å². The number of amides is 2. The normalized spacial score (nSPS) is 14.7. The number of hydrogen-bond acceptors (Lipinski definition) is 4. The Kier molecular flexibility index (Phi) is 5.95. The van der Waals surface area contributed by atoms with Gasteiger partial charge in [0.25, 0.3) is 0 Å². The highest BCUT2D eigenvalue weighted by atomic mass is 16.6. The summed E-state index contributed by atoms with van der Waals surface area (Å²) in [4.78, 5) is 22.8. The fraction of sp³-hybridized carbons (Fsp3) is 0.818. The average Bonchev–Trinajstić information content (AvgIpc) is 2.10. The monoisotopic (exact) mass is 246 g/mol. The first kappa shape index (κ1) is 15.7. The van der Waals surface area contributed by atoms with Gasteiger partial charge < -0.3 is 20.5 Å². The van der Waals surface area contributed by atoms with Crippen LogP contribution in [0.25, 0.3) is 0 Å². The van der Waals surface area contributed by atoms with Crippen molar-refractivity contribution in [3.8, 4) is 0 Å². The van der Waals surface area contributed by atoms with Gasteiger partial charge in [-0.3, -0.25) is 4.79 Å². The van der Waals surface area contributed by atoms with Crippen molar-refractivity contribution < 1.29 is 19.4 Å². The average molecular weight is 246 g/mol. The molecule has 0 aliphatic carbocycles. The van der Waals surface area contributed by atoms with E-state index in [1.165, 1.54) is 0 Å². The van der Waals surface area contributed by atoms with Gasteiger partial charge in [0.2, 0.25) is 5.91 Å². The maximum atomic E-state index is 11.5. The summed E-state index contributed by atoms with van der Waals surface area (Å²) in [7, 11) is 0. The molecule has 0 bridgehead atoms. The number of aliphatic hydroxyl groups is 1. The first-order valence-electron chi connectivity index (χ1n) is 5.57. The molecule has 0 heterocycles. The van der Waals surface area contributed by atoms with Gasteiger partial charge in [-0.2, -0.15) is 0 Å². The van der Waals surface area contributed by atoms with E-state index < -0.39 is 23.8 Å². The van der Waals surface area contributed by atoms with Crippen LogP contribution in [0.1, 0.15) is 34.6 Å². The Morgan fingerprint density at radius 3 is 2.24 bits per heavy atom. The Hall–Kier alpha value is -1.30. The standard InChI is InChI=1S/C11H22N2O4/c1-7(14)6-12-9(15)8(2)13-10(16)17-11(3,4)5/h7-8,14H,6H2,1-5H3,(H,12,15)(H,13,16)/t7-,8-/m1/s1. The number of hydrogen-bond donors (Lipinski definition) is 3. The molecule has 0 spiro atoms. The van der Waals surface area contributed by atoms with Gasteiger partial charge in [-0.25, -0.2) is 4.79 Å². The van der Waals surface area contributed by atoms with Crippen molar-refractivity contribution >= 4 is 12.0 Å². The summed E-state index contributed by atoms with van der Waals surface area (Å²) in [5.74, 6) is -0.364. The number of rotatable bonds is 4. The van der Waals surface area contributed by atoms with Gasteiger partial charge in [0.15, 0.2) is 0 Å². The fourth-order valence-corrected chi connectivity index (χ4v) is 0.951. The molecule has 6 heteroatoms. The minimum absolute atomic E-state index is 0.152. The molecule has 0 aliphatic rings. The maximum Gasteiger partial charge on any atom is 0.408 e. The molecule has 0 saturated heterocycles. The summed E-state index contributed by atoms with van der Waals surface area (Å²) in [5.41, 5.74) is -0.597. The van der Waals surface area contributed by atoms with Crippen LogP contribution in [0.4, 0.5) is 4.79 Å². The van der Waals surface area contributed by atoms with Gasteiger partial charge in [0.05, 0.1) is 6.10 Å². The van der Waals surface area contributed by atoms with Crippen molar-refractivity contribution in [3.05, 3.63) is 0 Å². The molecule has 0 radical (unpaired) electrons. The summed E-state index contributed by atoms with van der Waals surface area (Å²) in [6.45, 7) is 8.48. The van der Waals surface area contributed by atoms with Crippen LogP contribution in [0.5, 0.6) is 0 Å². The number of ether oxygens (including phenoxy) is 1. The lowest BCUT2D eigenvalue weighted by atomic mass is 10.2. The highest BCUT2D eigenvalue weighted by molar-refractivity contribution is 5.85. The molecule has 0 aromatic rings. The fourth-order valence-electron chi connectivity index (χ4n) is 0.951. The highest BCUT2D eigenvalue weighted by Crippen LogP contribution is 2.06. The molecule has 3 N–H and O–H groups in total. The van der Waals surface area contributed by atoms with E-state index in [0.29, 0.717) is 0 Å². The van der Waals surface area contributed by atoms with Crippen molar-refractivity contribution in [1.82, 2.24) is 10.6 Å². The predicted octanol–water partition coefficient (Wildman–Crippen LogP) is 0.397. The first-order chi connectivity index (χ1) is 7.61. The third-order valence-corrected chi connectivity index (χ3v) is 1.70. The molecule has 2 amide bonds. The molecule has 0 aliphatic heterocycles. The largest absolute Gasteiger partial charge is 0.444 e. The third kappa shape index (κ3) is 8.50. The molecule has 0 aromatic heterocycles. The van der Waals surface area contributed by atoms with Crippen LogP contribution in [-0.2, 0) is 9.53 Å². The molecule has 0 fully saturated rings. The molecular formula is C11H22N2O4. The van der Waals surface area contributed by atoms with Gasteiger partial charge in [-0.1, -0.05) is 0 Å². The zero-order valence-corrected chi connectivity index (χ0v) is 11.0. The molecule has 6 nitrogen and oxygen atoms in total. The smallest absolute Gasteiger partial charge is 0.408 e. The number of alkyl carbamates (subject to hydrolysis) is 1. The summed E-state index contributed by atoms with van der Waals surface area (Å²) >= 11 is 0. The lowest BCUT2D eigenvalue weighted by Gasteiger charge is -2.21. The van der Waals surface area contributed by atoms with E-state index >= 15 is 0 Å². The van der Waals surface area contributed by atoms with Crippen LogP contribution in [0.3, 0.4) is 0 Å². The van der Waals surface area contributed by atoms with Gasteiger partial charge in [0, 0.05) is 6.54 Å². The van der Waals surface area contributed by atoms with Gasteiger partial charge >= 0.3 is 6.09 Å². The second-order valence-corrected chi connectivity index (χ2v) is 4.96. The number of aliphatic hydroxyl groups excluding tert-OH is 1. The maximum absolute atomic E-state index is 11.5. The minimum Gasteiger partial charge on any atom is -0.444 e. The zero-order chi connectivity index (χ0) is 13.6. The summed E-state index contributed by atoms with van der Waals surface area (Å²) in [5, 5.41) is 13.9. The SMILES string of the molecule is C[C@@H](O)CNC(=O)[C@@H](C)NC(=O)OC(C)(C)C. The Morgan fingerprint density at radius 2 is 1.82 bits per heavy atom. The van der Waals surface area contributed by atoms with Gasteiger partial charge in [0.1, 0.15) is 11.6 Å². The van der Waals surface area contributed by atoms with E-state index in [1.54, 1.807) is 34.6 Å². The van der Waals surface area contributed by atoms with Crippen molar-refractivity contribution in [1.29, 1.82) is 0 Å². The number of carbonyl (C=O) groups excluding carboxylic acids is 2. The van der Waals surface area contributed by atoms with Crippen molar-refractivity contribution in [2.45, 2.75) is 52.4 Å². The number of carbonyl (C=O) groups is 2. The van der Waals surface area contributed by atoms with Crippen LogP contribution in [0.2, 0.25) is 0 Å². The van der Waals surface area contributed by atoms with Crippen molar-refractivity contribution in [2.24, 2.45) is 0 Å². The first-order valence-corrected chi connectivity index (χ1v) is 5.57. The summed E-state index contributed by atoms with van der Waals surface area (Å²) in [6.07, 6.45) is -1.26. The van der Waals surface area contributed by atoms with Crippen LogP contribution in [0, 0.1) is 0 Å². The molecule has 2 atom stereocenters. The second-order valence-electron chi connectivity index (χ2n) is 4.96. The van der Waals surface area contributed by atoms with Crippen LogP contribution in [-0.4, -0.2) is 41.4 Å². The lowest BCUT2D eigenvalue weighted by molar-refractivity contribution is -0.123. The van der Waals surface area contributed by atoms with Crippen molar-refractivity contribution in [2.75, 3.05) is 6.54 Å². The van der Waals surface area contributed by atoms with Gasteiger partial charge in [-0.05, 0) is 34.6 Å². The predicted molar refractivity (Wildman–Crippen MR) is 63.5 cm³/mol. The molecule has 17 heavy (non-hydrogen) atoms. The minimum atomic E-state index is -0.705. The lowest BCUT2D eigenvalue weighted by Crippen LogP contribution is -2.47. The summed E-state index contributed by atoms with van der Waals surface area (Å²) in [6, 6.07) is -0.705. The Balaban J connectivity index is 4.03. The second kappa shape index (κ2) is 6.44. The molecular weight excluding hydrogens is 224 g/mol. The molecule has 0 unspecified atom stereocenters. The Labute approximate surface area is 102 Å². The molecule has 0 rings (SSSR count). The van der Waals surface area contributed by atoms with E-state index in [1.807, 2.05) is 0 Å². The Bertz CT molecular complexity index is 271. The third-order valence-electron chi connectivity index (χ3n) is 1.70. The Morgan fingerprint density at radius 1 is 1.29 bits per heavy atom. The molecule has 0 aromatic carbocycles. The molecule has 0 saturated carbocycles. The summed E-state index contributed by atoms with van der Waals surface area (Å²) < 4.78 is 5.00. The van der Waals surface area contributed by atoms with Crippen LogP contribution in [0.15, 0.2) is 0 Å². The van der Waals surface area contributed by atoms with Gasteiger partial charge in [-0.15, -0.1) is 0 Å². The van der Waals surface area contributed by atoms with Crippen LogP contribution < -0.4 is 10.6 Å².